The summed E-state index contributed by atoms with van der Waals surface area (Å²) in [5.41, 5.74) is 3.05. The largest absolute Gasteiger partial charge is 0.494 e. The summed E-state index contributed by atoms with van der Waals surface area (Å²) in [7, 11) is 1.58. The molecule has 1 fully saturated rings. The molecule has 2 aliphatic carbocycles. The Balaban J connectivity index is 1.32. The summed E-state index contributed by atoms with van der Waals surface area (Å²) >= 11 is 6.08. The van der Waals surface area contributed by atoms with Crippen molar-refractivity contribution < 1.29 is 34.0 Å². The molecule has 1 unspecified atom stereocenters. The second-order valence-corrected chi connectivity index (χ2v) is 11.4. The molecule has 41 heavy (non-hydrogen) atoms. The van der Waals surface area contributed by atoms with Crippen LogP contribution in [0.25, 0.3) is 0 Å². The number of ether oxygens (including phenoxy) is 2. The van der Waals surface area contributed by atoms with Gasteiger partial charge in [0.1, 0.15) is 12.4 Å². The monoisotopic (exact) mass is 586 g/mol. The molecule has 0 spiro atoms. The third-order valence-corrected chi connectivity index (χ3v) is 8.77. The predicted molar refractivity (Wildman–Crippen MR) is 152 cm³/mol. The van der Waals surface area contributed by atoms with Crippen molar-refractivity contribution in [1.82, 2.24) is 9.47 Å². The summed E-state index contributed by atoms with van der Waals surface area (Å²) in [5.74, 6) is -0.0130. The van der Waals surface area contributed by atoms with Crippen LogP contribution in [-0.4, -0.2) is 51.0 Å². The average molecular weight is 587 g/mol. The molecule has 220 valence electrons. The van der Waals surface area contributed by atoms with Crippen molar-refractivity contribution in [3.63, 3.8) is 0 Å². The molecular formula is C31H36ClFN2O6. The zero-order valence-electron chi connectivity index (χ0n) is 23.1. The molecule has 0 bridgehead atoms. The highest BCUT2D eigenvalue weighted by Gasteiger charge is 2.33. The highest BCUT2D eigenvalue weighted by atomic mass is 35.5. The van der Waals surface area contributed by atoms with E-state index in [4.69, 9.17) is 21.1 Å². The number of hydrogen-bond donors (Lipinski definition) is 3. The van der Waals surface area contributed by atoms with Gasteiger partial charge in [0.15, 0.2) is 23.3 Å². The lowest BCUT2D eigenvalue weighted by Gasteiger charge is -2.35. The number of aliphatic carboxylic acids is 1. The molecule has 0 amide bonds. The number of carboxylic acids is 1. The van der Waals surface area contributed by atoms with Gasteiger partial charge in [-0.05, 0) is 85.4 Å². The lowest BCUT2D eigenvalue weighted by Crippen LogP contribution is -2.34. The van der Waals surface area contributed by atoms with E-state index in [1.54, 1.807) is 19.2 Å². The molecule has 3 N–H and O–H groups in total. The number of carboxylic acid groups (broad SMARTS) is 1. The first-order valence-corrected chi connectivity index (χ1v) is 14.4. The number of benzene rings is 2. The number of aromatic nitrogens is 1. The predicted octanol–water partition coefficient (Wildman–Crippen LogP) is 6.16. The third kappa shape index (κ3) is 6.57. The van der Waals surface area contributed by atoms with E-state index in [1.807, 2.05) is 18.2 Å². The number of hydrogen-bond acceptors (Lipinski definition) is 6. The SMILES string of the molecule is COc1cc(CN(CC2CCC(C(=O)O)CC2)C2CCc3cc(Cl)c(F)cc32)ccc1OCCn1c(O)ccc1O. The van der Waals surface area contributed by atoms with E-state index >= 15 is 0 Å². The maximum absolute atomic E-state index is 14.5. The Hall–Kier alpha value is -3.43. The van der Waals surface area contributed by atoms with Crippen LogP contribution >= 0.6 is 11.6 Å². The van der Waals surface area contributed by atoms with Gasteiger partial charge in [-0.1, -0.05) is 17.7 Å². The van der Waals surface area contributed by atoms with Crippen molar-refractivity contribution in [2.75, 3.05) is 20.3 Å². The zero-order chi connectivity index (χ0) is 29.1. The zero-order valence-corrected chi connectivity index (χ0v) is 23.8. The van der Waals surface area contributed by atoms with Gasteiger partial charge in [0.2, 0.25) is 0 Å². The second kappa shape index (κ2) is 12.6. The normalized spacial score (nSPS) is 20.2. The third-order valence-electron chi connectivity index (χ3n) is 8.48. The summed E-state index contributed by atoms with van der Waals surface area (Å²) in [6.07, 6.45) is 4.74. The molecule has 8 nitrogen and oxygen atoms in total. The minimum absolute atomic E-state index is 0.0258. The molecule has 2 aliphatic rings. The van der Waals surface area contributed by atoms with Crippen LogP contribution in [0, 0.1) is 17.7 Å². The highest BCUT2D eigenvalue weighted by Crippen LogP contribution is 2.41. The molecule has 1 saturated carbocycles. The molecule has 1 heterocycles. The van der Waals surface area contributed by atoms with Crippen molar-refractivity contribution in [1.29, 1.82) is 0 Å². The van der Waals surface area contributed by atoms with Gasteiger partial charge in [-0.15, -0.1) is 0 Å². The highest BCUT2D eigenvalue weighted by molar-refractivity contribution is 6.30. The smallest absolute Gasteiger partial charge is 0.306 e. The van der Waals surface area contributed by atoms with Gasteiger partial charge in [0.25, 0.3) is 0 Å². The van der Waals surface area contributed by atoms with Crippen molar-refractivity contribution in [3.05, 3.63) is 70.0 Å². The topological polar surface area (TPSA) is 104 Å². The van der Waals surface area contributed by atoms with Crippen LogP contribution in [0.2, 0.25) is 5.02 Å². The van der Waals surface area contributed by atoms with Crippen molar-refractivity contribution in [3.8, 4) is 23.3 Å². The van der Waals surface area contributed by atoms with Gasteiger partial charge in [0.05, 0.1) is 24.6 Å². The Morgan fingerprint density at radius 3 is 2.46 bits per heavy atom. The van der Waals surface area contributed by atoms with Crippen LogP contribution in [-0.2, 0) is 24.3 Å². The lowest BCUT2D eigenvalue weighted by atomic mass is 9.81. The molecular weight excluding hydrogens is 551 g/mol. The van der Waals surface area contributed by atoms with Crippen molar-refractivity contribution in [2.45, 2.75) is 57.7 Å². The first-order valence-electron chi connectivity index (χ1n) is 14.0. The van der Waals surface area contributed by atoms with Gasteiger partial charge < -0.3 is 24.8 Å². The maximum Gasteiger partial charge on any atom is 0.306 e. The number of halogens is 2. The summed E-state index contributed by atoms with van der Waals surface area (Å²) in [5, 5.41) is 29.3. The number of methoxy groups -OCH3 is 1. The summed E-state index contributed by atoms with van der Waals surface area (Å²) in [6.45, 7) is 1.86. The van der Waals surface area contributed by atoms with Crippen LogP contribution in [0.5, 0.6) is 23.3 Å². The molecule has 5 rings (SSSR count). The Bertz CT molecular complexity index is 1370. The molecule has 2 aromatic carbocycles. The fourth-order valence-corrected chi connectivity index (χ4v) is 6.46. The van der Waals surface area contributed by atoms with Crippen LogP contribution in [0.15, 0.2) is 42.5 Å². The maximum atomic E-state index is 14.5. The van der Waals surface area contributed by atoms with Crippen LogP contribution in [0.1, 0.15) is 54.8 Å². The van der Waals surface area contributed by atoms with Gasteiger partial charge >= 0.3 is 5.97 Å². The molecule has 1 atom stereocenters. The molecule has 1 aromatic heterocycles. The standard InChI is InChI=1S/C31H36ClFN2O6/c1-40-28-14-20(4-9-27(28)41-13-12-35-29(36)10-11-30(35)37)18-34(17-19-2-5-21(6-3-19)31(38)39)26-8-7-22-15-24(32)25(33)16-23(22)26/h4,9-11,14-16,19,21,26,36-37H,2-3,5-8,12-13,17-18H2,1H3,(H,38,39). The van der Waals surface area contributed by atoms with E-state index in [-0.39, 0.29) is 41.9 Å². The van der Waals surface area contributed by atoms with E-state index in [1.165, 1.54) is 16.7 Å². The van der Waals surface area contributed by atoms with E-state index in [2.05, 4.69) is 4.90 Å². The first kappa shape index (κ1) is 29.1. The molecule has 0 aliphatic heterocycles. The van der Waals surface area contributed by atoms with Gasteiger partial charge in [-0.25, -0.2) is 4.39 Å². The molecule has 0 radical (unpaired) electrons. The number of fused-ring (bicyclic) bond motifs is 1. The minimum Gasteiger partial charge on any atom is -0.494 e. The Morgan fingerprint density at radius 2 is 1.78 bits per heavy atom. The lowest BCUT2D eigenvalue weighted by molar-refractivity contribution is -0.143. The fraction of sp³-hybridized carbons (Fsp3) is 0.452. The Labute approximate surface area is 243 Å². The van der Waals surface area contributed by atoms with E-state index in [9.17, 15) is 24.5 Å². The quantitative estimate of drug-likeness (QED) is 0.247. The molecule has 10 heteroatoms. The average Bonchev–Trinajstić information content (AvgIpc) is 3.51. The van der Waals surface area contributed by atoms with Crippen LogP contribution < -0.4 is 9.47 Å². The number of nitrogens with zero attached hydrogens (tertiary/aromatic N) is 2. The number of carbonyl (C=O) groups is 1. The van der Waals surface area contributed by atoms with Gasteiger partial charge in [-0.2, -0.15) is 0 Å². The van der Waals surface area contributed by atoms with E-state index in [0.29, 0.717) is 36.8 Å². The Morgan fingerprint density at radius 1 is 1.05 bits per heavy atom. The Kier molecular flexibility index (Phi) is 8.94. The van der Waals surface area contributed by atoms with Crippen LogP contribution in [0.4, 0.5) is 4.39 Å². The van der Waals surface area contributed by atoms with Crippen LogP contribution in [0.3, 0.4) is 0 Å². The van der Waals surface area contributed by atoms with Crippen molar-refractivity contribution >= 4 is 17.6 Å². The minimum atomic E-state index is -0.714. The summed E-state index contributed by atoms with van der Waals surface area (Å²) in [4.78, 5) is 13.9. The second-order valence-electron chi connectivity index (χ2n) is 11.0. The number of rotatable bonds is 11. The molecule has 0 saturated heterocycles. The number of aryl methyl sites for hydroxylation is 1. The van der Waals surface area contributed by atoms with E-state index in [0.717, 1.165) is 48.9 Å². The summed E-state index contributed by atoms with van der Waals surface area (Å²) < 4.78 is 27.4. The summed E-state index contributed by atoms with van der Waals surface area (Å²) in [6, 6.07) is 11.9. The van der Waals surface area contributed by atoms with Gasteiger partial charge in [0, 0.05) is 31.3 Å². The van der Waals surface area contributed by atoms with Crippen molar-refractivity contribution in [2.24, 2.45) is 11.8 Å². The molecule has 3 aromatic rings. The van der Waals surface area contributed by atoms with Gasteiger partial charge in [-0.3, -0.25) is 14.3 Å². The van der Waals surface area contributed by atoms with E-state index < -0.39 is 11.8 Å². The first-order chi connectivity index (χ1) is 19.7. The fourth-order valence-electron chi connectivity index (χ4n) is 6.27. The number of aromatic hydroxyl groups is 2.